The van der Waals surface area contributed by atoms with E-state index in [0.717, 1.165) is 0 Å². The van der Waals surface area contributed by atoms with Gasteiger partial charge in [-0.1, -0.05) is 18.5 Å². The molecule has 1 aromatic carbocycles. The molecule has 2 aliphatic rings. The van der Waals surface area contributed by atoms with Gasteiger partial charge in [0.1, 0.15) is 12.1 Å². The van der Waals surface area contributed by atoms with Crippen molar-refractivity contribution in [2.24, 2.45) is 0 Å². The number of benzene rings is 1. The Morgan fingerprint density at radius 3 is 2.60 bits per heavy atom. The lowest BCUT2D eigenvalue weighted by Gasteiger charge is -2.43. The molecule has 3 atom stereocenters. The monoisotopic (exact) mass is 385 g/mol. The van der Waals surface area contributed by atoms with E-state index in [4.69, 9.17) is 11.6 Å². The van der Waals surface area contributed by atoms with E-state index in [1.165, 1.54) is 24.3 Å². The minimum Gasteiger partial charge on any atom is -0.343 e. The molecule has 2 N–H and O–H groups in total. The first-order chi connectivity index (χ1) is 11.8. The Labute approximate surface area is 151 Å². The van der Waals surface area contributed by atoms with Crippen molar-refractivity contribution in [3.8, 4) is 0 Å². The molecule has 2 amide bonds. The van der Waals surface area contributed by atoms with Crippen molar-refractivity contribution < 1.29 is 18.0 Å². The van der Waals surface area contributed by atoms with Crippen molar-refractivity contribution in [3.05, 3.63) is 29.3 Å². The maximum atomic E-state index is 12.5. The Bertz CT molecular complexity index is 781. The number of sulfonamides is 1. The normalized spacial score (nSPS) is 27.0. The molecule has 0 unspecified atom stereocenters. The number of rotatable bonds is 4. The van der Waals surface area contributed by atoms with Crippen molar-refractivity contribution >= 4 is 33.4 Å². The summed E-state index contributed by atoms with van der Waals surface area (Å²) in [5.41, 5.74) is 0. The number of piperazine rings is 1. The number of halogens is 1. The topological polar surface area (TPSA) is 95.6 Å². The Morgan fingerprint density at radius 1 is 1.28 bits per heavy atom. The van der Waals surface area contributed by atoms with E-state index in [1.807, 2.05) is 6.92 Å². The Morgan fingerprint density at radius 2 is 1.96 bits per heavy atom. The molecule has 3 rings (SSSR count). The van der Waals surface area contributed by atoms with Crippen molar-refractivity contribution in [3.63, 3.8) is 0 Å². The number of nitrogens with zero attached hydrogens (tertiary/aromatic N) is 1. The highest BCUT2D eigenvalue weighted by atomic mass is 35.5. The van der Waals surface area contributed by atoms with Gasteiger partial charge < -0.3 is 10.2 Å². The highest BCUT2D eigenvalue weighted by molar-refractivity contribution is 7.89. The Hall–Kier alpha value is -1.64. The largest absolute Gasteiger partial charge is 0.343 e. The van der Waals surface area contributed by atoms with Crippen LogP contribution in [0.25, 0.3) is 0 Å². The number of piperidine rings is 1. The quantitative estimate of drug-likeness (QED) is 0.804. The van der Waals surface area contributed by atoms with Crippen LogP contribution in [0, 0.1) is 0 Å². The summed E-state index contributed by atoms with van der Waals surface area (Å²) in [5.74, 6) is -0.312. The summed E-state index contributed by atoms with van der Waals surface area (Å²) in [4.78, 5) is 26.3. The molecular formula is C16H20ClN3O4S. The highest BCUT2D eigenvalue weighted by Crippen LogP contribution is 2.24. The standard InChI is InChI=1S/C16H20ClN3O4S/c1-2-13-16(22)20-8-7-11(9-14(20)15(21)18-13)19-25(23,24)12-5-3-10(17)4-6-12/h3-6,11,13-14,19H,2,7-9H2,1H3,(H,18,21)/t11-,13+,14-/m0/s1. The van der Waals surface area contributed by atoms with Crippen LogP contribution in [0.15, 0.2) is 29.2 Å². The lowest BCUT2D eigenvalue weighted by atomic mass is 9.93. The molecular weight excluding hydrogens is 366 g/mol. The molecule has 0 bridgehead atoms. The van der Waals surface area contributed by atoms with Gasteiger partial charge in [0.25, 0.3) is 0 Å². The maximum absolute atomic E-state index is 12.5. The van der Waals surface area contributed by atoms with Gasteiger partial charge in [-0.2, -0.15) is 0 Å². The molecule has 2 aliphatic heterocycles. The summed E-state index contributed by atoms with van der Waals surface area (Å²) < 4.78 is 27.6. The smallest absolute Gasteiger partial charge is 0.245 e. The zero-order chi connectivity index (χ0) is 18.2. The number of fused-ring (bicyclic) bond motifs is 1. The van der Waals surface area contributed by atoms with Crippen LogP contribution in [-0.2, 0) is 19.6 Å². The summed E-state index contributed by atoms with van der Waals surface area (Å²) in [6.07, 6.45) is 1.28. The minimum atomic E-state index is -3.70. The second-order valence-electron chi connectivity index (χ2n) is 6.31. The average molecular weight is 386 g/mol. The van der Waals surface area contributed by atoms with E-state index in [-0.39, 0.29) is 23.1 Å². The van der Waals surface area contributed by atoms with E-state index < -0.39 is 28.1 Å². The molecule has 0 aliphatic carbocycles. The fourth-order valence-corrected chi connectivity index (χ4v) is 4.70. The first-order valence-corrected chi connectivity index (χ1v) is 10.1. The van der Waals surface area contributed by atoms with Gasteiger partial charge in [-0.15, -0.1) is 0 Å². The molecule has 1 aromatic rings. The second-order valence-corrected chi connectivity index (χ2v) is 8.46. The van der Waals surface area contributed by atoms with Gasteiger partial charge in [0.2, 0.25) is 21.8 Å². The van der Waals surface area contributed by atoms with E-state index in [1.54, 1.807) is 4.90 Å². The first kappa shape index (κ1) is 18.2. The van der Waals surface area contributed by atoms with Crippen LogP contribution in [0.5, 0.6) is 0 Å². The van der Waals surface area contributed by atoms with Crippen molar-refractivity contribution in [1.82, 2.24) is 14.9 Å². The molecule has 0 aromatic heterocycles. The van der Waals surface area contributed by atoms with E-state index in [9.17, 15) is 18.0 Å². The van der Waals surface area contributed by atoms with Crippen LogP contribution < -0.4 is 10.0 Å². The summed E-state index contributed by atoms with van der Waals surface area (Å²) in [6, 6.07) is 4.38. The summed E-state index contributed by atoms with van der Waals surface area (Å²) in [6.45, 7) is 2.21. The molecule has 25 heavy (non-hydrogen) atoms. The second kappa shape index (κ2) is 6.93. The Kier molecular flexibility index (Phi) is 5.04. The van der Waals surface area contributed by atoms with Crippen LogP contribution in [0.4, 0.5) is 0 Å². The van der Waals surface area contributed by atoms with Crippen molar-refractivity contribution in [1.29, 1.82) is 0 Å². The minimum absolute atomic E-state index is 0.0916. The van der Waals surface area contributed by atoms with Crippen molar-refractivity contribution in [2.45, 2.75) is 49.2 Å². The zero-order valence-electron chi connectivity index (χ0n) is 13.7. The molecule has 136 valence electrons. The lowest BCUT2D eigenvalue weighted by Crippen LogP contribution is -2.66. The van der Waals surface area contributed by atoms with Crippen LogP contribution >= 0.6 is 11.6 Å². The third-order valence-electron chi connectivity index (χ3n) is 4.66. The molecule has 0 saturated carbocycles. The number of nitrogens with one attached hydrogen (secondary N) is 2. The molecule has 2 saturated heterocycles. The van der Waals surface area contributed by atoms with Gasteiger partial charge in [-0.25, -0.2) is 13.1 Å². The first-order valence-electron chi connectivity index (χ1n) is 8.20. The number of hydrogen-bond donors (Lipinski definition) is 2. The molecule has 0 spiro atoms. The third-order valence-corrected chi connectivity index (χ3v) is 6.45. The third kappa shape index (κ3) is 3.65. The fourth-order valence-electron chi connectivity index (χ4n) is 3.29. The van der Waals surface area contributed by atoms with Gasteiger partial charge in [0, 0.05) is 17.6 Å². The Balaban J connectivity index is 1.71. The lowest BCUT2D eigenvalue weighted by molar-refractivity contribution is -0.151. The predicted octanol–water partition coefficient (Wildman–Crippen LogP) is 0.886. The number of carbonyl (C=O) groups excluding carboxylic acids is 2. The maximum Gasteiger partial charge on any atom is 0.245 e. The van der Waals surface area contributed by atoms with Crippen LogP contribution in [0.2, 0.25) is 5.02 Å². The number of amides is 2. The van der Waals surface area contributed by atoms with Gasteiger partial charge >= 0.3 is 0 Å². The van der Waals surface area contributed by atoms with Crippen LogP contribution in [0.3, 0.4) is 0 Å². The molecule has 2 fully saturated rings. The highest BCUT2D eigenvalue weighted by Gasteiger charge is 2.43. The fraction of sp³-hybridized carbons (Fsp3) is 0.500. The van der Waals surface area contributed by atoms with Gasteiger partial charge in [0.15, 0.2) is 0 Å². The molecule has 2 heterocycles. The molecule has 7 nitrogen and oxygen atoms in total. The van der Waals surface area contributed by atoms with Gasteiger partial charge in [-0.05, 0) is 43.5 Å². The van der Waals surface area contributed by atoms with Crippen LogP contribution in [-0.4, -0.2) is 49.8 Å². The van der Waals surface area contributed by atoms with Crippen LogP contribution in [0.1, 0.15) is 26.2 Å². The molecule has 9 heteroatoms. The van der Waals surface area contributed by atoms with E-state index >= 15 is 0 Å². The van der Waals surface area contributed by atoms with E-state index in [0.29, 0.717) is 24.4 Å². The summed E-state index contributed by atoms with van der Waals surface area (Å²) >= 11 is 5.79. The SMILES string of the molecule is CC[C@H]1NC(=O)[C@@H]2C[C@@H](NS(=O)(=O)c3ccc(Cl)cc3)CCN2C1=O. The molecule has 0 radical (unpaired) electrons. The number of carbonyl (C=O) groups is 2. The summed E-state index contributed by atoms with van der Waals surface area (Å²) in [7, 11) is -3.70. The summed E-state index contributed by atoms with van der Waals surface area (Å²) in [5, 5.41) is 3.17. The zero-order valence-corrected chi connectivity index (χ0v) is 15.3. The predicted molar refractivity (Wildman–Crippen MR) is 92.5 cm³/mol. The van der Waals surface area contributed by atoms with Crippen molar-refractivity contribution in [2.75, 3.05) is 6.54 Å². The average Bonchev–Trinajstić information content (AvgIpc) is 2.58. The van der Waals surface area contributed by atoms with Gasteiger partial charge in [0.05, 0.1) is 4.90 Å². The number of hydrogen-bond acceptors (Lipinski definition) is 4. The van der Waals surface area contributed by atoms with E-state index in [2.05, 4.69) is 10.0 Å². The van der Waals surface area contributed by atoms with Gasteiger partial charge in [-0.3, -0.25) is 9.59 Å².